The summed E-state index contributed by atoms with van der Waals surface area (Å²) in [5.41, 5.74) is 3.48. The lowest BCUT2D eigenvalue weighted by Gasteiger charge is -2.34. The Morgan fingerprint density at radius 2 is 2.06 bits per heavy atom. The van der Waals surface area contributed by atoms with Crippen LogP contribution in [0, 0.1) is 5.92 Å². The molecule has 3 heterocycles. The molecule has 0 aliphatic carbocycles. The molecule has 0 fully saturated rings. The zero-order chi connectivity index (χ0) is 22.8. The molecule has 32 heavy (non-hydrogen) atoms. The first-order chi connectivity index (χ1) is 15.4. The van der Waals surface area contributed by atoms with Crippen LogP contribution in [0.25, 0.3) is 22.7 Å². The van der Waals surface area contributed by atoms with Gasteiger partial charge >= 0.3 is 0 Å². The topological polar surface area (TPSA) is 83.6 Å². The van der Waals surface area contributed by atoms with Crippen molar-refractivity contribution in [3.63, 3.8) is 0 Å². The van der Waals surface area contributed by atoms with Gasteiger partial charge in [0.1, 0.15) is 12.0 Å². The smallest absolute Gasteiger partial charge is 0.229 e. The highest BCUT2D eigenvalue weighted by Gasteiger charge is 2.29. The number of benzene rings is 1. The number of carbonyl (C=O) groups excluding carboxylic acids is 1. The van der Waals surface area contributed by atoms with Gasteiger partial charge in [0.15, 0.2) is 11.2 Å². The first-order valence-electron chi connectivity index (χ1n) is 10.9. The van der Waals surface area contributed by atoms with Crippen LogP contribution in [0.3, 0.4) is 0 Å². The molecule has 0 saturated heterocycles. The van der Waals surface area contributed by atoms with Gasteiger partial charge in [0.25, 0.3) is 0 Å². The van der Waals surface area contributed by atoms with E-state index in [1.807, 2.05) is 12.1 Å². The second kappa shape index (κ2) is 9.12. The molecule has 7 heteroatoms. The average Bonchev–Trinajstić information content (AvgIpc) is 3.29. The molecule has 0 N–H and O–H groups in total. The molecule has 168 valence electrons. The number of methoxy groups -OCH3 is 1. The second-order valence-corrected chi connectivity index (χ2v) is 8.45. The van der Waals surface area contributed by atoms with E-state index in [0.717, 1.165) is 35.2 Å². The van der Waals surface area contributed by atoms with Gasteiger partial charge in [-0.25, -0.2) is 4.98 Å². The van der Waals surface area contributed by atoms with Crippen molar-refractivity contribution >= 4 is 5.78 Å². The molecule has 1 unspecified atom stereocenters. The summed E-state index contributed by atoms with van der Waals surface area (Å²) in [4.78, 5) is 29.0. The Morgan fingerprint density at radius 1 is 1.25 bits per heavy atom. The molecule has 1 aliphatic rings. The number of fused-ring (bicyclic) bond motifs is 3. The molecular formula is C25H28N2O5. The Balaban J connectivity index is 1.88. The highest BCUT2D eigenvalue weighted by Crippen LogP contribution is 2.42. The summed E-state index contributed by atoms with van der Waals surface area (Å²) in [6.45, 7) is 6.84. The van der Waals surface area contributed by atoms with E-state index in [4.69, 9.17) is 13.9 Å². The Bertz CT molecular complexity index is 1180. The van der Waals surface area contributed by atoms with Crippen LogP contribution in [0.2, 0.25) is 0 Å². The van der Waals surface area contributed by atoms with Gasteiger partial charge in [0, 0.05) is 44.0 Å². The summed E-state index contributed by atoms with van der Waals surface area (Å²) >= 11 is 0. The fraction of sp³-hybridized carbons (Fsp3) is 0.400. The molecule has 0 bridgehead atoms. The SMILES string of the molecule is COCCCOc1cc2c(cc1-c1ncco1)-c1cc(=O)c(C(C)=O)cn1C(C(C)C)C2. The van der Waals surface area contributed by atoms with Crippen molar-refractivity contribution in [1.82, 2.24) is 9.55 Å². The largest absolute Gasteiger partial charge is 0.493 e. The number of Topliss-reactive ketones (excluding diaryl/α,β-unsaturated/α-hetero) is 1. The van der Waals surface area contributed by atoms with E-state index in [-0.39, 0.29) is 22.8 Å². The van der Waals surface area contributed by atoms with Gasteiger partial charge in [-0.3, -0.25) is 9.59 Å². The van der Waals surface area contributed by atoms with E-state index >= 15 is 0 Å². The van der Waals surface area contributed by atoms with Gasteiger partial charge in [0.2, 0.25) is 5.89 Å². The molecule has 0 spiro atoms. The van der Waals surface area contributed by atoms with Crippen LogP contribution >= 0.6 is 0 Å². The molecule has 3 aromatic rings. The van der Waals surface area contributed by atoms with Crippen molar-refractivity contribution in [3.05, 3.63) is 58.2 Å². The Kier molecular flexibility index (Phi) is 6.28. The van der Waals surface area contributed by atoms with E-state index in [9.17, 15) is 9.59 Å². The van der Waals surface area contributed by atoms with Crippen molar-refractivity contribution < 1.29 is 18.7 Å². The standard InChI is InChI=1S/C25H28N2O5/c1-15(2)21-10-17-11-24(31-8-5-7-30-4)19(25-26-6-9-32-25)12-18(17)22-13-23(29)20(16(3)28)14-27(21)22/h6,9,11-15,21H,5,7-8,10H2,1-4H3. The van der Waals surface area contributed by atoms with Crippen molar-refractivity contribution in [2.24, 2.45) is 5.92 Å². The lowest BCUT2D eigenvalue weighted by molar-refractivity contribution is 0.101. The van der Waals surface area contributed by atoms with Crippen LogP contribution in [0.1, 0.15) is 49.2 Å². The minimum absolute atomic E-state index is 0.116. The van der Waals surface area contributed by atoms with Crippen molar-refractivity contribution in [2.45, 2.75) is 39.7 Å². The highest BCUT2D eigenvalue weighted by molar-refractivity contribution is 5.94. The quantitative estimate of drug-likeness (QED) is 0.381. The first kappa shape index (κ1) is 22.0. The normalized spacial score (nSPS) is 14.8. The predicted molar refractivity (Wildman–Crippen MR) is 121 cm³/mol. The number of carbonyl (C=O) groups is 1. The summed E-state index contributed by atoms with van der Waals surface area (Å²) < 4.78 is 18.9. The van der Waals surface area contributed by atoms with E-state index < -0.39 is 0 Å². The number of ketones is 1. The maximum Gasteiger partial charge on any atom is 0.229 e. The van der Waals surface area contributed by atoms with E-state index in [2.05, 4.69) is 23.4 Å². The molecule has 0 saturated carbocycles. The van der Waals surface area contributed by atoms with Gasteiger partial charge in [-0.05, 0) is 37.0 Å². The van der Waals surface area contributed by atoms with Crippen molar-refractivity contribution in [1.29, 1.82) is 0 Å². The molecular weight excluding hydrogens is 408 g/mol. The minimum Gasteiger partial charge on any atom is -0.493 e. The Labute approximate surface area is 187 Å². The third-order valence-corrected chi connectivity index (χ3v) is 5.91. The maximum atomic E-state index is 12.7. The zero-order valence-electron chi connectivity index (χ0n) is 18.9. The number of hydrogen-bond acceptors (Lipinski definition) is 6. The number of nitrogens with zero attached hydrogens (tertiary/aromatic N) is 2. The number of hydrogen-bond donors (Lipinski definition) is 0. The fourth-order valence-electron chi connectivity index (χ4n) is 4.24. The third kappa shape index (κ3) is 4.12. The number of rotatable bonds is 8. The number of aromatic nitrogens is 2. The van der Waals surface area contributed by atoms with E-state index in [0.29, 0.717) is 30.8 Å². The van der Waals surface area contributed by atoms with Gasteiger partial charge in [0.05, 0.1) is 29.6 Å². The van der Waals surface area contributed by atoms with Crippen LogP contribution in [0.5, 0.6) is 5.75 Å². The molecule has 1 aromatic carbocycles. The first-order valence-corrected chi connectivity index (χ1v) is 10.9. The third-order valence-electron chi connectivity index (χ3n) is 5.91. The summed E-state index contributed by atoms with van der Waals surface area (Å²) in [7, 11) is 1.67. The van der Waals surface area contributed by atoms with Crippen LogP contribution in [0.4, 0.5) is 0 Å². The summed E-state index contributed by atoms with van der Waals surface area (Å²) in [5.74, 6) is 1.23. The molecule has 0 radical (unpaired) electrons. The van der Waals surface area contributed by atoms with Crippen LogP contribution in [-0.4, -0.2) is 35.7 Å². The average molecular weight is 437 g/mol. The highest BCUT2D eigenvalue weighted by atomic mass is 16.5. The molecule has 4 rings (SSSR count). The van der Waals surface area contributed by atoms with E-state index in [1.165, 1.54) is 13.2 Å². The van der Waals surface area contributed by atoms with Gasteiger partial charge in [-0.15, -0.1) is 0 Å². The predicted octanol–water partition coefficient (Wildman–Crippen LogP) is 4.54. The van der Waals surface area contributed by atoms with Crippen molar-refractivity contribution in [2.75, 3.05) is 20.3 Å². The molecule has 1 atom stereocenters. The maximum absolute atomic E-state index is 12.7. The second-order valence-electron chi connectivity index (χ2n) is 8.45. The molecule has 1 aliphatic heterocycles. The van der Waals surface area contributed by atoms with E-state index in [1.54, 1.807) is 25.6 Å². The monoisotopic (exact) mass is 436 g/mol. The van der Waals surface area contributed by atoms with Gasteiger partial charge in [-0.1, -0.05) is 13.8 Å². The zero-order valence-corrected chi connectivity index (χ0v) is 18.9. The van der Waals surface area contributed by atoms with Crippen molar-refractivity contribution in [3.8, 4) is 28.5 Å². The summed E-state index contributed by atoms with van der Waals surface area (Å²) in [5, 5.41) is 0. The number of pyridine rings is 1. The van der Waals surface area contributed by atoms with Crippen LogP contribution in [-0.2, 0) is 11.2 Å². The van der Waals surface area contributed by atoms with Crippen LogP contribution < -0.4 is 10.2 Å². The van der Waals surface area contributed by atoms with Gasteiger partial charge in [-0.2, -0.15) is 0 Å². The Hall–Kier alpha value is -3.19. The molecule has 7 nitrogen and oxygen atoms in total. The molecule has 0 amide bonds. The Morgan fingerprint density at radius 3 is 2.72 bits per heavy atom. The lowest BCUT2D eigenvalue weighted by atomic mass is 9.86. The van der Waals surface area contributed by atoms with Crippen LogP contribution in [0.15, 0.2) is 46.1 Å². The summed E-state index contributed by atoms with van der Waals surface area (Å²) in [6.07, 6.45) is 6.36. The van der Waals surface area contributed by atoms with Gasteiger partial charge < -0.3 is 18.5 Å². The fourth-order valence-corrected chi connectivity index (χ4v) is 4.24. The summed E-state index contributed by atoms with van der Waals surface area (Å²) in [6, 6.07) is 5.69. The number of oxazole rings is 1. The molecule has 2 aromatic heterocycles. The minimum atomic E-state index is -0.267. The lowest BCUT2D eigenvalue weighted by Crippen LogP contribution is -2.28. The number of ether oxygens (including phenoxy) is 2.